The van der Waals surface area contributed by atoms with Gasteiger partial charge in [0.05, 0.1) is 22.4 Å². The van der Waals surface area contributed by atoms with E-state index in [-0.39, 0.29) is 17.0 Å². The van der Waals surface area contributed by atoms with Crippen LogP contribution in [-0.2, 0) is 12.1 Å². The van der Waals surface area contributed by atoms with Crippen molar-refractivity contribution in [2.45, 2.75) is 39.8 Å². The number of carbonyl (C=O) groups excluding carboxylic acids is 1. The average molecular weight is 315 g/mol. The number of carboxylic acids is 1. The summed E-state index contributed by atoms with van der Waals surface area (Å²) >= 11 is 0. The summed E-state index contributed by atoms with van der Waals surface area (Å²) in [7, 11) is 0. The molecule has 0 saturated carbocycles. The zero-order valence-electron chi connectivity index (χ0n) is 13.8. The molecule has 6 nitrogen and oxygen atoms in total. The topological polar surface area (TPSA) is 84.2 Å². The van der Waals surface area contributed by atoms with Crippen LogP contribution in [0.4, 0.5) is 0 Å². The van der Waals surface area contributed by atoms with Gasteiger partial charge in [0.15, 0.2) is 0 Å². The third-order valence-corrected chi connectivity index (χ3v) is 3.48. The van der Waals surface area contributed by atoms with Gasteiger partial charge < -0.3 is 10.4 Å². The van der Waals surface area contributed by atoms with Gasteiger partial charge in [-0.15, -0.1) is 0 Å². The molecule has 0 unspecified atom stereocenters. The molecule has 1 aromatic heterocycles. The van der Waals surface area contributed by atoms with Gasteiger partial charge in [-0.05, 0) is 45.4 Å². The molecule has 1 heterocycles. The van der Waals surface area contributed by atoms with Gasteiger partial charge in [-0.3, -0.25) is 9.48 Å². The molecule has 0 atom stereocenters. The van der Waals surface area contributed by atoms with E-state index < -0.39 is 5.97 Å². The highest BCUT2D eigenvalue weighted by molar-refractivity contribution is 5.95. The van der Waals surface area contributed by atoms with Crippen molar-refractivity contribution in [2.75, 3.05) is 0 Å². The molecule has 0 spiro atoms. The van der Waals surface area contributed by atoms with Crippen LogP contribution in [0.5, 0.6) is 0 Å². The molecular formula is C17H21N3O3. The molecule has 2 rings (SSSR count). The van der Waals surface area contributed by atoms with Gasteiger partial charge in [-0.25, -0.2) is 4.79 Å². The van der Waals surface area contributed by atoms with Gasteiger partial charge in [-0.2, -0.15) is 5.10 Å². The number of aromatic carboxylic acids is 1. The van der Waals surface area contributed by atoms with Gasteiger partial charge in [0.25, 0.3) is 5.91 Å². The Morgan fingerprint density at radius 1 is 1.22 bits per heavy atom. The maximum Gasteiger partial charge on any atom is 0.335 e. The van der Waals surface area contributed by atoms with Crippen molar-refractivity contribution in [3.63, 3.8) is 0 Å². The number of aromatic nitrogens is 2. The van der Waals surface area contributed by atoms with Crippen molar-refractivity contribution in [3.05, 3.63) is 52.8 Å². The molecule has 1 amide bonds. The number of hydrogen-bond acceptors (Lipinski definition) is 3. The van der Waals surface area contributed by atoms with Crippen LogP contribution in [-0.4, -0.2) is 26.8 Å². The summed E-state index contributed by atoms with van der Waals surface area (Å²) in [5.74, 6) is -1.16. The van der Waals surface area contributed by atoms with Gasteiger partial charge in [0, 0.05) is 12.7 Å². The van der Waals surface area contributed by atoms with Gasteiger partial charge in [-0.1, -0.05) is 12.1 Å². The van der Waals surface area contributed by atoms with Crippen molar-refractivity contribution >= 4 is 11.9 Å². The Kier molecular flexibility index (Phi) is 4.54. The van der Waals surface area contributed by atoms with Crippen LogP contribution >= 0.6 is 0 Å². The fourth-order valence-corrected chi connectivity index (χ4v) is 2.07. The third-order valence-electron chi connectivity index (χ3n) is 3.48. The first-order valence-corrected chi connectivity index (χ1v) is 7.35. The molecule has 0 fully saturated rings. The van der Waals surface area contributed by atoms with Crippen LogP contribution in [0.3, 0.4) is 0 Å². The SMILES string of the molecule is Cc1nn(C(C)(C)C)cc1C(=O)NCc1ccc(C(=O)O)cc1. The molecule has 2 aromatic rings. The Balaban J connectivity index is 2.05. The Labute approximate surface area is 135 Å². The second kappa shape index (κ2) is 6.24. The average Bonchev–Trinajstić information content (AvgIpc) is 2.87. The van der Waals surface area contributed by atoms with Crippen LogP contribution in [0.2, 0.25) is 0 Å². The first-order valence-electron chi connectivity index (χ1n) is 7.35. The number of aryl methyl sites for hydroxylation is 1. The van der Waals surface area contributed by atoms with E-state index in [1.807, 2.05) is 20.8 Å². The van der Waals surface area contributed by atoms with Crippen LogP contribution in [0, 0.1) is 6.92 Å². The number of nitrogens with one attached hydrogen (secondary N) is 1. The lowest BCUT2D eigenvalue weighted by atomic mass is 10.1. The molecule has 0 aliphatic carbocycles. The lowest BCUT2D eigenvalue weighted by Gasteiger charge is -2.18. The van der Waals surface area contributed by atoms with Crippen LogP contribution in [0.25, 0.3) is 0 Å². The largest absolute Gasteiger partial charge is 0.478 e. The molecule has 122 valence electrons. The minimum atomic E-state index is -0.967. The van der Waals surface area contributed by atoms with Crippen molar-refractivity contribution in [3.8, 4) is 0 Å². The Morgan fingerprint density at radius 2 is 1.83 bits per heavy atom. The highest BCUT2D eigenvalue weighted by atomic mass is 16.4. The second-order valence-electron chi connectivity index (χ2n) is 6.43. The molecule has 2 N–H and O–H groups in total. The number of benzene rings is 1. The summed E-state index contributed by atoms with van der Waals surface area (Å²) < 4.78 is 1.78. The summed E-state index contributed by atoms with van der Waals surface area (Å²) in [6.45, 7) is 8.19. The normalized spacial score (nSPS) is 11.3. The highest BCUT2D eigenvalue weighted by Gasteiger charge is 2.19. The standard InChI is InChI=1S/C17H21N3O3/c1-11-14(10-20(19-11)17(2,3)4)15(21)18-9-12-5-7-13(8-6-12)16(22)23/h5-8,10H,9H2,1-4H3,(H,18,21)(H,22,23). The maximum atomic E-state index is 12.3. The van der Waals surface area contributed by atoms with Crippen molar-refractivity contribution in [1.82, 2.24) is 15.1 Å². The summed E-state index contributed by atoms with van der Waals surface area (Å²) in [5.41, 5.74) is 2.10. The highest BCUT2D eigenvalue weighted by Crippen LogP contribution is 2.16. The van der Waals surface area contributed by atoms with E-state index in [2.05, 4.69) is 10.4 Å². The first kappa shape index (κ1) is 16.7. The van der Waals surface area contributed by atoms with E-state index in [1.165, 1.54) is 12.1 Å². The molecule has 1 aromatic carbocycles. The van der Waals surface area contributed by atoms with Gasteiger partial charge >= 0.3 is 5.97 Å². The van der Waals surface area contributed by atoms with Crippen LogP contribution in [0.1, 0.15) is 52.7 Å². The summed E-state index contributed by atoms with van der Waals surface area (Å²) in [6, 6.07) is 6.42. The van der Waals surface area contributed by atoms with E-state index in [0.29, 0.717) is 17.8 Å². The first-order chi connectivity index (χ1) is 10.7. The number of rotatable bonds is 4. The van der Waals surface area contributed by atoms with E-state index >= 15 is 0 Å². The minimum Gasteiger partial charge on any atom is -0.478 e. The molecule has 6 heteroatoms. The van der Waals surface area contributed by atoms with Gasteiger partial charge in [0.2, 0.25) is 0 Å². The Hall–Kier alpha value is -2.63. The van der Waals surface area contributed by atoms with E-state index in [4.69, 9.17) is 5.11 Å². The van der Waals surface area contributed by atoms with Gasteiger partial charge in [0.1, 0.15) is 0 Å². The summed E-state index contributed by atoms with van der Waals surface area (Å²) in [6.07, 6.45) is 1.75. The van der Waals surface area contributed by atoms with Crippen molar-refractivity contribution < 1.29 is 14.7 Å². The predicted molar refractivity (Wildman–Crippen MR) is 86.5 cm³/mol. The zero-order valence-corrected chi connectivity index (χ0v) is 13.8. The second-order valence-corrected chi connectivity index (χ2v) is 6.43. The van der Waals surface area contributed by atoms with E-state index in [1.54, 1.807) is 29.9 Å². The lowest BCUT2D eigenvalue weighted by molar-refractivity contribution is 0.0696. The number of nitrogens with zero attached hydrogens (tertiary/aromatic N) is 2. The molecule has 0 saturated heterocycles. The van der Waals surface area contributed by atoms with Crippen LogP contribution < -0.4 is 5.32 Å². The number of hydrogen-bond donors (Lipinski definition) is 2. The smallest absolute Gasteiger partial charge is 0.335 e. The van der Waals surface area contributed by atoms with Crippen molar-refractivity contribution in [1.29, 1.82) is 0 Å². The molecule has 0 aliphatic rings. The number of carboxylic acid groups (broad SMARTS) is 1. The fourth-order valence-electron chi connectivity index (χ4n) is 2.07. The molecule has 0 bridgehead atoms. The maximum absolute atomic E-state index is 12.3. The number of amides is 1. The minimum absolute atomic E-state index is 0.185. The lowest BCUT2D eigenvalue weighted by Crippen LogP contribution is -2.24. The van der Waals surface area contributed by atoms with Crippen LogP contribution in [0.15, 0.2) is 30.5 Å². The summed E-state index contributed by atoms with van der Waals surface area (Å²) in [4.78, 5) is 23.1. The number of carbonyl (C=O) groups is 2. The zero-order chi connectivity index (χ0) is 17.2. The third kappa shape index (κ3) is 3.97. The van der Waals surface area contributed by atoms with E-state index in [9.17, 15) is 9.59 Å². The Bertz CT molecular complexity index is 725. The van der Waals surface area contributed by atoms with E-state index in [0.717, 1.165) is 5.56 Å². The Morgan fingerprint density at radius 3 is 2.30 bits per heavy atom. The fraction of sp³-hybridized carbons (Fsp3) is 0.353. The summed E-state index contributed by atoms with van der Waals surface area (Å²) in [5, 5.41) is 16.1. The molecular weight excluding hydrogens is 294 g/mol. The monoisotopic (exact) mass is 315 g/mol. The van der Waals surface area contributed by atoms with Crippen molar-refractivity contribution in [2.24, 2.45) is 0 Å². The molecule has 0 radical (unpaired) electrons. The molecule has 0 aliphatic heterocycles. The predicted octanol–water partition coefficient (Wildman–Crippen LogP) is 2.57. The quantitative estimate of drug-likeness (QED) is 0.908. The molecule has 23 heavy (non-hydrogen) atoms.